The van der Waals surface area contributed by atoms with Crippen LogP contribution in [0.25, 0.3) is 0 Å². The van der Waals surface area contributed by atoms with Crippen LogP contribution in [0.1, 0.15) is 43.2 Å². The van der Waals surface area contributed by atoms with Crippen molar-refractivity contribution >= 4 is 0 Å². The van der Waals surface area contributed by atoms with E-state index in [-0.39, 0.29) is 5.41 Å². The van der Waals surface area contributed by atoms with Crippen molar-refractivity contribution in [3.05, 3.63) is 35.4 Å². The minimum absolute atomic E-state index is 0.223. The molecule has 1 saturated carbocycles. The first-order valence-corrected chi connectivity index (χ1v) is 8.43. The van der Waals surface area contributed by atoms with Gasteiger partial charge in [0.2, 0.25) is 0 Å². The molecular formula is C18H28N2O. The van der Waals surface area contributed by atoms with Crippen molar-refractivity contribution in [1.29, 1.82) is 0 Å². The van der Waals surface area contributed by atoms with Crippen LogP contribution in [0.5, 0.6) is 0 Å². The monoisotopic (exact) mass is 288 g/mol. The fourth-order valence-corrected chi connectivity index (χ4v) is 3.99. The molecule has 3 heteroatoms. The number of nitrogens with zero attached hydrogens (tertiary/aromatic N) is 1. The summed E-state index contributed by atoms with van der Waals surface area (Å²) in [6, 6.07) is 8.99. The molecule has 0 spiro atoms. The molecule has 1 saturated heterocycles. The zero-order valence-electron chi connectivity index (χ0n) is 13.0. The largest absolute Gasteiger partial charge is 0.379 e. The van der Waals surface area contributed by atoms with Gasteiger partial charge >= 0.3 is 0 Å². The quantitative estimate of drug-likeness (QED) is 0.926. The number of hydrogen-bond donors (Lipinski definition) is 1. The Morgan fingerprint density at radius 2 is 1.76 bits per heavy atom. The summed E-state index contributed by atoms with van der Waals surface area (Å²) in [5.41, 5.74) is 9.45. The predicted molar refractivity (Wildman–Crippen MR) is 86.4 cm³/mol. The van der Waals surface area contributed by atoms with E-state index in [1.54, 1.807) is 0 Å². The number of morpholine rings is 1. The molecular weight excluding hydrogens is 260 g/mol. The Balaban J connectivity index is 1.83. The summed E-state index contributed by atoms with van der Waals surface area (Å²) in [6.07, 6.45) is 6.52. The lowest BCUT2D eigenvalue weighted by Crippen LogP contribution is -2.40. The maximum Gasteiger partial charge on any atom is 0.0594 e. The molecule has 1 aliphatic heterocycles. The van der Waals surface area contributed by atoms with Crippen molar-refractivity contribution in [3.8, 4) is 0 Å². The molecule has 1 heterocycles. The summed E-state index contributed by atoms with van der Waals surface area (Å²) in [6.45, 7) is 5.65. The molecule has 0 amide bonds. The predicted octanol–water partition coefficient (Wildman–Crippen LogP) is 2.68. The summed E-state index contributed by atoms with van der Waals surface area (Å²) in [4.78, 5) is 2.51. The second-order valence-corrected chi connectivity index (χ2v) is 6.59. The summed E-state index contributed by atoms with van der Waals surface area (Å²) in [5, 5.41) is 0. The van der Waals surface area contributed by atoms with Crippen molar-refractivity contribution < 1.29 is 4.74 Å². The van der Waals surface area contributed by atoms with Crippen molar-refractivity contribution in [2.45, 2.75) is 44.1 Å². The minimum atomic E-state index is 0.223. The molecule has 21 heavy (non-hydrogen) atoms. The standard InChI is InChI=1S/C18H28N2O/c19-15-18(8-4-1-5-9-18)17-7-3-2-6-16(17)14-20-10-12-21-13-11-20/h2-3,6-7H,1,4-5,8-15,19H2. The van der Waals surface area contributed by atoms with Crippen LogP contribution >= 0.6 is 0 Å². The van der Waals surface area contributed by atoms with E-state index in [9.17, 15) is 0 Å². The second-order valence-electron chi connectivity index (χ2n) is 6.59. The van der Waals surface area contributed by atoms with E-state index >= 15 is 0 Å². The van der Waals surface area contributed by atoms with Crippen LogP contribution < -0.4 is 5.73 Å². The lowest BCUT2D eigenvalue weighted by Gasteiger charge is -2.39. The van der Waals surface area contributed by atoms with E-state index in [4.69, 9.17) is 10.5 Å². The normalized spacial score (nSPS) is 23.1. The Kier molecular flexibility index (Phi) is 4.94. The smallest absolute Gasteiger partial charge is 0.0594 e. The van der Waals surface area contributed by atoms with Crippen LogP contribution in [0.15, 0.2) is 24.3 Å². The molecule has 1 aromatic carbocycles. The second kappa shape index (κ2) is 6.91. The van der Waals surface area contributed by atoms with E-state index in [1.807, 2.05) is 0 Å². The Labute approximate surface area is 128 Å². The highest BCUT2D eigenvalue weighted by atomic mass is 16.5. The highest BCUT2D eigenvalue weighted by Crippen LogP contribution is 2.40. The van der Waals surface area contributed by atoms with Gasteiger partial charge in [0, 0.05) is 31.6 Å². The zero-order chi connectivity index (χ0) is 14.5. The van der Waals surface area contributed by atoms with Gasteiger partial charge in [-0.15, -0.1) is 0 Å². The van der Waals surface area contributed by atoms with Gasteiger partial charge in [0.05, 0.1) is 13.2 Å². The Hall–Kier alpha value is -0.900. The maximum atomic E-state index is 6.24. The van der Waals surface area contributed by atoms with Crippen LogP contribution in [-0.2, 0) is 16.7 Å². The lowest BCUT2D eigenvalue weighted by atomic mass is 9.68. The van der Waals surface area contributed by atoms with E-state index < -0.39 is 0 Å². The molecule has 0 aromatic heterocycles. The highest BCUT2D eigenvalue weighted by molar-refractivity contribution is 5.35. The zero-order valence-corrected chi connectivity index (χ0v) is 13.0. The van der Waals surface area contributed by atoms with Crippen LogP contribution in [0.3, 0.4) is 0 Å². The summed E-state index contributed by atoms with van der Waals surface area (Å²) in [7, 11) is 0. The molecule has 2 N–H and O–H groups in total. The molecule has 116 valence electrons. The maximum absolute atomic E-state index is 6.24. The third kappa shape index (κ3) is 3.31. The average Bonchev–Trinajstić information content (AvgIpc) is 2.57. The number of hydrogen-bond acceptors (Lipinski definition) is 3. The molecule has 1 aromatic rings. The summed E-state index contributed by atoms with van der Waals surface area (Å²) < 4.78 is 5.46. The third-order valence-electron chi connectivity index (χ3n) is 5.29. The van der Waals surface area contributed by atoms with Gasteiger partial charge in [0.15, 0.2) is 0 Å². The van der Waals surface area contributed by atoms with Gasteiger partial charge in [-0.2, -0.15) is 0 Å². The first kappa shape index (κ1) is 15.0. The van der Waals surface area contributed by atoms with Gasteiger partial charge < -0.3 is 10.5 Å². The van der Waals surface area contributed by atoms with E-state index in [1.165, 1.54) is 43.2 Å². The fraction of sp³-hybridized carbons (Fsp3) is 0.667. The van der Waals surface area contributed by atoms with Crippen molar-refractivity contribution in [3.63, 3.8) is 0 Å². The SMILES string of the molecule is NCC1(c2ccccc2CN2CCOCC2)CCCCC1. The van der Waals surface area contributed by atoms with E-state index in [0.29, 0.717) is 0 Å². The first-order chi connectivity index (χ1) is 10.3. The fourth-order valence-electron chi connectivity index (χ4n) is 3.99. The Bertz CT molecular complexity index is 448. The molecule has 2 fully saturated rings. The highest BCUT2D eigenvalue weighted by Gasteiger charge is 2.34. The van der Waals surface area contributed by atoms with E-state index in [0.717, 1.165) is 39.4 Å². The van der Waals surface area contributed by atoms with Crippen molar-refractivity contribution in [2.75, 3.05) is 32.8 Å². The topological polar surface area (TPSA) is 38.5 Å². The molecule has 0 atom stereocenters. The van der Waals surface area contributed by atoms with Crippen LogP contribution in [0.2, 0.25) is 0 Å². The number of nitrogens with two attached hydrogens (primary N) is 1. The molecule has 0 unspecified atom stereocenters. The average molecular weight is 288 g/mol. The van der Waals surface area contributed by atoms with Crippen LogP contribution in [0.4, 0.5) is 0 Å². The van der Waals surface area contributed by atoms with Gasteiger partial charge in [-0.05, 0) is 24.0 Å². The van der Waals surface area contributed by atoms with E-state index in [2.05, 4.69) is 29.2 Å². The van der Waals surface area contributed by atoms with Gasteiger partial charge in [0.25, 0.3) is 0 Å². The van der Waals surface area contributed by atoms with Crippen LogP contribution in [0, 0.1) is 0 Å². The molecule has 3 rings (SSSR count). The van der Waals surface area contributed by atoms with Gasteiger partial charge in [-0.1, -0.05) is 43.5 Å². The minimum Gasteiger partial charge on any atom is -0.379 e. The first-order valence-electron chi connectivity index (χ1n) is 8.43. The molecule has 2 aliphatic rings. The molecule has 0 radical (unpaired) electrons. The lowest BCUT2D eigenvalue weighted by molar-refractivity contribution is 0.0339. The number of ether oxygens (including phenoxy) is 1. The molecule has 1 aliphatic carbocycles. The summed E-state index contributed by atoms with van der Waals surface area (Å²) >= 11 is 0. The van der Waals surface area contributed by atoms with Crippen LogP contribution in [-0.4, -0.2) is 37.7 Å². The molecule has 3 nitrogen and oxygen atoms in total. The number of rotatable bonds is 4. The van der Waals surface area contributed by atoms with Gasteiger partial charge in [-0.25, -0.2) is 0 Å². The van der Waals surface area contributed by atoms with Crippen molar-refractivity contribution in [2.24, 2.45) is 5.73 Å². The Morgan fingerprint density at radius 3 is 2.48 bits per heavy atom. The van der Waals surface area contributed by atoms with Crippen molar-refractivity contribution in [1.82, 2.24) is 4.90 Å². The summed E-state index contributed by atoms with van der Waals surface area (Å²) in [5.74, 6) is 0. The van der Waals surface area contributed by atoms with Gasteiger partial charge in [0.1, 0.15) is 0 Å². The van der Waals surface area contributed by atoms with Gasteiger partial charge in [-0.3, -0.25) is 4.90 Å². The molecule has 0 bridgehead atoms. The number of benzene rings is 1. The third-order valence-corrected chi connectivity index (χ3v) is 5.29. The Morgan fingerprint density at radius 1 is 1.05 bits per heavy atom.